The highest BCUT2D eigenvalue weighted by molar-refractivity contribution is 5.89. The molecule has 2 amide bonds. The Kier molecular flexibility index (Phi) is 5.82. The number of furan rings is 1. The molecule has 2 aromatic heterocycles. The van der Waals surface area contributed by atoms with E-state index in [4.69, 9.17) is 4.42 Å². The number of rotatable bonds is 4. The topological polar surface area (TPSA) is 104 Å². The first-order valence-corrected chi connectivity index (χ1v) is 9.80. The molecule has 0 bridgehead atoms. The number of amides is 2. The number of aliphatic hydroxyl groups is 1. The van der Waals surface area contributed by atoms with Crippen molar-refractivity contribution >= 4 is 28.6 Å². The van der Waals surface area contributed by atoms with E-state index in [2.05, 4.69) is 15.3 Å². The van der Waals surface area contributed by atoms with Crippen LogP contribution in [0.2, 0.25) is 0 Å². The SMILES string of the molecule is Cc1c([C@@H](NC(=O)Nc2cnc(N3CC[C@H](O)C3)nc2)C(F)(F)F)oc2c(F)cc(F)cc12. The van der Waals surface area contributed by atoms with Crippen LogP contribution in [0.4, 0.5) is 38.4 Å². The predicted octanol–water partition coefficient (Wildman–Crippen LogP) is 3.81. The molecule has 0 radical (unpaired) electrons. The molecule has 0 unspecified atom stereocenters. The van der Waals surface area contributed by atoms with E-state index >= 15 is 0 Å². The second kappa shape index (κ2) is 8.46. The van der Waals surface area contributed by atoms with Gasteiger partial charge in [0, 0.05) is 30.1 Å². The molecule has 2 atom stereocenters. The van der Waals surface area contributed by atoms with Crippen molar-refractivity contribution in [2.24, 2.45) is 0 Å². The molecule has 4 rings (SSSR count). The standard InChI is InChI=1S/C20H18F5N5O3/c1-9-13-4-10(21)5-14(22)16(13)33-15(9)17(20(23,24)25)29-19(32)28-11-6-26-18(27-7-11)30-3-2-12(31)8-30/h4-7,12,17,31H,2-3,8H2,1H3,(H2,28,29,32)/t12-,17+/m0/s1. The van der Waals surface area contributed by atoms with Gasteiger partial charge in [0.1, 0.15) is 11.6 Å². The highest BCUT2D eigenvalue weighted by Gasteiger charge is 2.45. The number of β-amino-alcohol motifs (C(OH)–C–C–N with tert-alkyl or cyclic N) is 1. The molecule has 176 valence electrons. The Balaban J connectivity index is 1.53. The van der Waals surface area contributed by atoms with Crippen LogP contribution >= 0.6 is 0 Å². The number of aryl methyl sites for hydroxylation is 1. The Labute approximate surface area is 183 Å². The highest BCUT2D eigenvalue weighted by atomic mass is 19.4. The fourth-order valence-electron chi connectivity index (χ4n) is 3.60. The fourth-order valence-corrected chi connectivity index (χ4v) is 3.60. The number of alkyl halides is 3. The van der Waals surface area contributed by atoms with E-state index in [-0.39, 0.29) is 16.6 Å². The number of urea groups is 1. The smallest absolute Gasteiger partial charge is 0.416 e. The van der Waals surface area contributed by atoms with Crippen LogP contribution in [0.25, 0.3) is 11.0 Å². The summed E-state index contributed by atoms with van der Waals surface area (Å²) < 4.78 is 73.7. The van der Waals surface area contributed by atoms with Gasteiger partial charge >= 0.3 is 12.2 Å². The molecule has 33 heavy (non-hydrogen) atoms. The van der Waals surface area contributed by atoms with E-state index < -0.39 is 47.3 Å². The van der Waals surface area contributed by atoms with Gasteiger partial charge in [-0.2, -0.15) is 13.2 Å². The van der Waals surface area contributed by atoms with Crippen LogP contribution < -0.4 is 15.5 Å². The minimum atomic E-state index is -5.00. The lowest BCUT2D eigenvalue weighted by atomic mass is 10.1. The van der Waals surface area contributed by atoms with Crippen LogP contribution in [0.1, 0.15) is 23.8 Å². The maximum absolute atomic E-state index is 14.0. The van der Waals surface area contributed by atoms with E-state index in [0.29, 0.717) is 31.5 Å². The van der Waals surface area contributed by atoms with Crippen molar-refractivity contribution in [1.29, 1.82) is 0 Å². The third-order valence-electron chi connectivity index (χ3n) is 5.20. The van der Waals surface area contributed by atoms with Gasteiger partial charge in [-0.15, -0.1) is 0 Å². The summed E-state index contributed by atoms with van der Waals surface area (Å²) in [5.41, 5.74) is -0.686. The molecule has 0 aliphatic carbocycles. The van der Waals surface area contributed by atoms with Crippen molar-refractivity contribution in [3.05, 3.63) is 47.5 Å². The molecule has 0 saturated carbocycles. The minimum absolute atomic E-state index is 0.0198. The highest BCUT2D eigenvalue weighted by Crippen LogP contribution is 2.39. The van der Waals surface area contributed by atoms with Gasteiger partial charge in [0.15, 0.2) is 17.4 Å². The van der Waals surface area contributed by atoms with Gasteiger partial charge in [0.25, 0.3) is 0 Å². The first-order valence-electron chi connectivity index (χ1n) is 9.80. The lowest BCUT2D eigenvalue weighted by Gasteiger charge is -2.21. The number of aliphatic hydroxyl groups excluding tert-OH is 1. The molecule has 1 aromatic carbocycles. The average Bonchev–Trinajstić information content (AvgIpc) is 3.30. The van der Waals surface area contributed by atoms with Gasteiger partial charge in [-0.25, -0.2) is 23.5 Å². The summed E-state index contributed by atoms with van der Waals surface area (Å²) in [5, 5.41) is 13.3. The molecule has 1 saturated heterocycles. The number of nitrogens with one attached hydrogen (secondary N) is 2. The van der Waals surface area contributed by atoms with E-state index in [1.165, 1.54) is 19.3 Å². The molecule has 8 nitrogen and oxygen atoms in total. The van der Waals surface area contributed by atoms with Crippen molar-refractivity contribution in [3.8, 4) is 0 Å². The van der Waals surface area contributed by atoms with Crippen molar-refractivity contribution in [2.75, 3.05) is 23.3 Å². The van der Waals surface area contributed by atoms with Gasteiger partial charge in [-0.3, -0.25) is 0 Å². The number of aromatic nitrogens is 2. The monoisotopic (exact) mass is 471 g/mol. The normalized spacial score (nSPS) is 17.4. The van der Waals surface area contributed by atoms with Crippen LogP contribution in [-0.4, -0.2) is 46.5 Å². The van der Waals surface area contributed by atoms with Gasteiger partial charge in [-0.1, -0.05) is 0 Å². The van der Waals surface area contributed by atoms with Gasteiger partial charge in [0.05, 0.1) is 24.2 Å². The number of carbonyl (C=O) groups is 1. The number of fused-ring (bicyclic) bond motifs is 1. The minimum Gasteiger partial charge on any atom is -0.455 e. The Morgan fingerprint density at radius 1 is 1.27 bits per heavy atom. The van der Waals surface area contributed by atoms with Gasteiger partial charge in [0.2, 0.25) is 5.95 Å². The Hall–Kier alpha value is -3.48. The number of hydrogen-bond acceptors (Lipinski definition) is 6. The second-order valence-corrected chi connectivity index (χ2v) is 7.59. The van der Waals surface area contributed by atoms with Crippen molar-refractivity contribution in [3.63, 3.8) is 0 Å². The van der Waals surface area contributed by atoms with Crippen LogP contribution in [-0.2, 0) is 0 Å². The van der Waals surface area contributed by atoms with Crippen LogP contribution in [0, 0.1) is 18.6 Å². The first kappa shape index (κ1) is 22.7. The summed E-state index contributed by atoms with van der Waals surface area (Å²) in [4.78, 5) is 22.1. The third-order valence-corrected chi connectivity index (χ3v) is 5.20. The van der Waals surface area contributed by atoms with E-state index in [0.717, 1.165) is 6.07 Å². The molecule has 3 aromatic rings. The van der Waals surface area contributed by atoms with Crippen molar-refractivity contribution in [1.82, 2.24) is 15.3 Å². The van der Waals surface area contributed by atoms with Gasteiger partial charge < -0.3 is 25.1 Å². The largest absolute Gasteiger partial charge is 0.455 e. The Morgan fingerprint density at radius 3 is 2.58 bits per heavy atom. The number of hydrogen-bond donors (Lipinski definition) is 3. The fraction of sp³-hybridized carbons (Fsp3) is 0.350. The summed E-state index contributed by atoms with van der Waals surface area (Å²) in [6.45, 7) is 2.10. The summed E-state index contributed by atoms with van der Waals surface area (Å²) in [7, 11) is 0. The lowest BCUT2D eigenvalue weighted by molar-refractivity contribution is -0.158. The molecular weight excluding hydrogens is 453 g/mol. The summed E-state index contributed by atoms with van der Waals surface area (Å²) >= 11 is 0. The van der Waals surface area contributed by atoms with E-state index in [1.54, 1.807) is 10.2 Å². The quantitative estimate of drug-likeness (QED) is 0.500. The number of halogens is 5. The number of anilines is 2. The molecule has 3 heterocycles. The molecule has 1 fully saturated rings. The van der Waals surface area contributed by atoms with Crippen molar-refractivity contribution in [2.45, 2.75) is 31.7 Å². The van der Waals surface area contributed by atoms with E-state index in [9.17, 15) is 31.9 Å². The number of carbonyl (C=O) groups excluding carboxylic acids is 1. The molecule has 3 N–H and O–H groups in total. The van der Waals surface area contributed by atoms with Gasteiger partial charge in [-0.05, 0) is 19.4 Å². The molecule has 13 heteroatoms. The zero-order valence-electron chi connectivity index (χ0n) is 17.1. The van der Waals surface area contributed by atoms with E-state index in [1.807, 2.05) is 0 Å². The Morgan fingerprint density at radius 2 is 1.97 bits per heavy atom. The third kappa shape index (κ3) is 4.67. The van der Waals surface area contributed by atoms with Crippen LogP contribution in [0.3, 0.4) is 0 Å². The summed E-state index contributed by atoms with van der Waals surface area (Å²) in [6.07, 6.45) is -2.52. The maximum Gasteiger partial charge on any atom is 0.416 e. The van der Waals surface area contributed by atoms with Crippen LogP contribution in [0.5, 0.6) is 0 Å². The first-order chi connectivity index (χ1) is 15.5. The zero-order chi connectivity index (χ0) is 23.9. The number of nitrogens with zero attached hydrogens (tertiary/aromatic N) is 3. The predicted molar refractivity (Wildman–Crippen MR) is 107 cm³/mol. The maximum atomic E-state index is 14.0. The summed E-state index contributed by atoms with van der Waals surface area (Å²) in [5.74, 6) is -2.60. The second-order valence-electron chi connectivity index (χ2n) is 7.59. The molecular formula is C20H18F5N5O3. The summed E-state index contributed by atoms with van der Waals surface area (Å²) in [6, 6.07) is -2.52. The lowest BCUT2D eigenvalue weighted by Crippen LogP contribution is -2.40. The number of benzene rings is 1. The molecule has 1 aliphatic rings. The van der Waals surface area contributed by atoms with Crippen molar-refractivity contribution < 1.29 is 36.3 Å². The Bertz CT molecular complexity index is 1180. The molecule has 0 spiro atoms. The zero-order valence-corrected chi connectivity index (χ0v) is 17.1. The average molecular weight is 471 g/mol. The molecule has 1 aliphatic heterocycles. The van der Waals surface area contributed by atoms with Crippen LogP contribution in [0.15, 0.2) is 28.9 Å².